The molecule has 0 radical (unpaired) electrons. The number of hydrogen-bond acceptors (Lipinski definition) is 7. The first-order chi connectivity index (χ1) is 8.26. The summed E-state index contributed by atoms with van der Waals surface area (Å²) >= 11 is -4.26. The Morgan fingerprint density at radius 1 is 0.765 bits per heavy atom. The van der Waals surface area contributed by atoms with Crippen molar-refractivity contribution in [2.45, 2.75) is 0 Å². The number of para-hydroxylation sites is 1. The molecule has 0 aliphatic rings. The summed E-state index contributed by atoms with van der Waals surface area (Å²) in [5.41, 5.74) is 0. The van der Waals surface area contributed by atoms with Gasteiger partial charge in [-0.05, 0) is 0 Å². The van der Waals surface area contributed by atoms with Crippen LogP contribution in [0.25, 0.3) is 0 Å². The molecule has 0 unspecified atom stereocenters. The second kappa shape index (κ2) is 7.75. The van der Waals surface area contributed by atoms with Gasteiger partial charge in [0.2, 0.25) is 0 Å². The predicted molar refractivity (Wildman–Crippen MR) is 51.4 cm³/mol. The third-order valence-corrected chi connectivity index (χ3v) is 4.04. The molecule has 17 heavy (non-hydrogen) atoms. The average molecular weight is 282 g/mol. The van der Waals surface area contributed by atoms with Crippen LogP contribution in [0.2, 0.25) is 0 Å². The third-order valence-electron chi connectivity index (χ3n) is 1.54. The van der Waals surface area contributed by atoms with Gasteiger partial charge >= 0.3 is 104 Å². The van der Waals surface area contributed by atoms with Crippen molar-refractivity contribution < 1.29 is 46.5 Å². The molecule has 1 aromatic carbocycles. The molecule has 0 aromatic heterocycles. The SMILES string of the molecule is CO[O][Ti]([O]OC)([O]OC)[O]c1ccccc1. The molecule has 8 heteroatoms. The van der Waals surface area contributed by atoms with Gasteiger partial charge in [-0.15, -0.1) is 0 Å². The summed E-state index contributed by atoms with van der Waals surface area (Å²) in [6, 6.07) is 8.82. The molecular formula is C9H14O7Ti. The van der Waals surface area contributed by atoms with Crippen molar-refractivity contribution in [1.82, 2.24) is 0 Å². The quantitative estimate of drug-likeness (QED) is 0.407. The Balaban J connectivity index is 2.80. The van der Waals surface area contributed by atoms with Crippen LogP contribution in [0.5, 0.6) is 5.75 Å². The second-order valence-corrected chi connectivity index (χ2v) is 5.33. The first-order valence-corrected chi connectivity index (χ1v) is 7.21. The maximum absolute atomic E-state index is 5.47. The normalized spacial score (nSPS) is 11.5. The van der Waals surface area contributed by atoms with Crippen molar-refractivity contribution in [3.05, 3.63) is 30.3 Å². The molecule has 7 nitrogen and oxygen atoms in total. The standard InChI is InChI=1S/C6H6O.3CH4O2.Ti/c7-6-4-2-1-3-5-6;3*1-3-2;/h1-5,7H;3*2H,1H3;/q;;;;+4/p-4. The Labute approximate surface area is 104 Å². The molecule has 0 heterocycles. The molecule has 0 saturated heterocycles. The zero-order chi connectivity index (χ0) is 12.6. The van der Waals surface area contributed by atoms with Gasteiger partial charge in [-0.3, -0.25) is 0 Å². The zero-order valence-electron chi connectivity index (χ0n) is 9.74. The molecule has 0 saturated carbocycles. The van der Waals surface area contributed by atoms with Crippen molar-refractivity contribution in [2.75, 3.05) is 21.3 Å². The maximum atomic E-state index is 5.47. The van der Waals surface area contributed by atoms with Gasteiger partial charge in [0, 0.05) is 0 Å². The van der Waals surface area contributed by atoms with E-state index in [-0.39, 0.29) is 0 Å². The molecular weight excluding hydrogens is 268 g/mol. The Hall–Kier alpha value is -0.506. The van der Waals surface area contributed by atoms with E-state index in [1.807, 2.05) is 6.07 Å². The first-order valence-electron chi connectivity index (χ1n) is 4.66. The third kappa shape index (κ3) is 4.70. The fourth-order valence-electron chi connectivity index (χ4n) is 1.03. The molecule has 1 aromatic rings. The number of rotatable bonds is 8. The molecule has 0 aliphatic heterocycles. The van der Waals surface area contributed by atoms with Gasteiger partial charge in [0.25, 0.3) is 0 Å². The molecule has 1 rings (SSSR count). The summed E-state index contributed by atoms with van der Waals surface area (Å²) in [5.74, 6) is 0.485. The summed E-state index contributed by atoms with van der Waals surface area (Å²) in [6.07, 6.45) is 0. The van der Waals surface area contributed by atoms with E-state index in [4.69, 9.17) is 13.7 Å². The van der Waals surface area contributed by atoms with E-state index in [0.29, 0.717) is 5.75 Å². The van der Waals surface area contributed by atoms with Crippen molar-refractivity contribution in [1.29, 1.82) is 0 Å². The average Bonchev–Trinajstić information content (AvgIpc) is 2.31. The van der Waals surface area contributed by atoms with Crippen LogP contribution in [0.1, 0.15) is 0 Å². The summed E-state index contributed by atoms with van der Waals surface area (Å²) < 4.78 is 20.1. The number of hydrogen-bond donors (Lipinski definition) is 0. The van der Waals surface area contributed by atoms with Crippen molar-refractivity contribution >= 4 is 0 Å². The van der Waals surface area contributed by atoms with Crippen LogP contribution in [0.15, 0.2) is 30.3 Å². The van der Waals surface area contributed by atoms with Crippen LogP contribution in [-0.2, 0) is 43.2 Å². The summed E-state index contributed by atoms with van der Waals surface area (Å²) in [4.78, 5) is 13.6. The molecule has 0 N–H and O–H groups in total. The molecule has 0 atom stereocenters. The summed E-state index contributed by atoms with van der Waals surface area (Å²) in [7, 11) is 3.89. The van der Waals surface area contributed by atoms with Gasteiger partial charge in [0.05, 0.1) is 0 Å². The van der Waals surface area contributed by atoms with E-state index in [2.05, 4.69) is 14.7 Å². The van der Waals surface area contributed by atoms with Crippen LogP contribution in [0.3, 0.4) is 0 Å². The minimum atomic E-state index is -4.26. The fraction of sp³-hybridized carbons (Fsp3) is 0.333. The summed E-state index contributed by atoms with van der Waals surface area (Å²) in [5, 5.41) is 0. The van der Waals surface area contributed by atoms with Crippen molar-refractivity contribution in [2.24, 2.45) is 0 Å². The van der Waals surface area contributed by atoms with E-state index < -0.39 is 18.1 Å². The minimum absolute atomic E-state index is 0.485. The molecule has 96 valence electrons. The van der Waals surface area contributed by atoms with Crippen LogP contribution in [-0.4, -0.2) is 21.3 Å². The fourth-order valence-corrected chi connectivity index (χ4v) is 2.94. The van der Waals surface area contributed by atoms with E-state index in [0.717, 1.165) is 0 Å². The van der Waals surface area contributed by atoms with E-state index in [9.17, 15) is 0 Å². The Morgan fingerprint density at radius 2 is 1.24 bits per heavy atom. The first kappa shape index (κ1) is 14.6. The van der Waals surface area contributed by atoms with Gasteiger partial charge < -0.3 is 0 Å². The molecule has 0 aliphatic carbocycles. The Morgan fingerprint density at radius 3 is 1.65 bits per heavy atom. The van der Waals surface area contributed by atoms with Crippen molar-refractivity contribution in [3.63, 3.8) is 0 Å². The van der Waals surface area contributed by atoms with Gasteiger partial charge in [0.15, 0.2) is 0 Å². The van der Waals surface area contributed by atoms with Crippen LogP contribution < -0.4 is 3.32 Å². The Kier molecular flexibility index (Phi) is 6.64. The van der Waals surface area contributed by atoms with E-state index in [1.54, 1.807) is 24.3 Å². The zero-order valence-corrected chi connectivity index (χ0v) is 11.3. The van der Waals surface area contributed by atoms with Crippen LogP contribution >= 0.6 is 0 Å². The monoisotopic (exact) mass is 282 g/mol. The van der Waals surface area contributed by atoms with E-state index in [1.165, 1.54) is 21.3 Å². The molecule has 0 spiro atoms. The predicted octanol–water partition coefficient (Wildman–Crippen LogP) is 1.61. The molecule has 0 amide bonds. The van der Waals surface area contributed by atoms with E-state index >= 15 is 0 Å². The van der Waals surface area contributed by atoms with Gasteiger partial charge in [-0.25, -0.2) is 0 Å². The van der Waals surface area contributed by atoms with Crippen LogP contribution in [0.4, 0.5) is 0 Å². The molecule has 0 fully saturated rings. The number of benzene rings is 1. The Bertz CT molecular complexity index is 290. The van der Waals surface area contributed by atoms with Gasteiger partial charge in [-0.2, -0.15) is 0 Å². The topological polar surface area (TPSA) is 64.6 Å². The second-order valence-electron chi connectivity index (χ2n) is 2.67. The van der Waals surface area contributed by atoms with Crippen molar-refractivity contribution in [3.8, 4) is 5.75 Å². The summed E-state index contributed by atoms with van der Waals surface area (Å²) in [6.45, 7) is 0. The van der Waals surface area contributed by atoms with Crippen LogP contribution in [0, 0.1) is 0 Å². The van der Waals surface area contributed by atoms with Gasteiger partial charge in [-0.1, -0.05) is 0 Å². The molecule has 0 bridgehead atoms. The van der Waals surface area contributed by atoms with Gasteiger partial charge in [0.1, 0.15) is 0 Å².